The Morgan fingerprint density at radius 1 is 1.35 bits per heavy atom. The normalized spacial score (nSPS) is 24.5. The highest BCUT2D eigenvalue weighted by atomic mass is 16.6. The van der Waals surface area contributed by atoms with E-state index in [-0.39, 0.29) is 6.04 Å². The molecule has 2 aliphatic heterocycles. The highest BCUT2D eigenvalue weighted by Crippen LogP contribution is 2.42. The maximum Gasteiger partial charge on any atom is 0.408 e. The molecule has 7 nitrogen and oxygen atoms in total. The van der Waals surface area contributed by atoms with Crippen LogP contribution in [0.3, 0.4) is 0 Å². The molecule has 0 aliphatic carbocycles. The number of carbonyl (C=O) groups is 2. The Morgan fingerprint density at radius 3 is 2.73 bits per heavy atom. The summed E-state index contributed by atoms with van der Waals surface area (Å²) in [6.45, 7) is 7.03. The van der Waals surface area contributed by atoms with Crippen LogP contribution in [0.15, 0.2) is 18.2 Å². The molecular weight excluding hydrogens is 336 g/mol. The maximum atomic E-state index is 12.3. The standard InChI is InChI=1S/C19H26N2O5/c1-18(2,3)26-17(23)21-14-10-19(7-8-20-11-19)25-15-9-12(16(22)24-4)5-6-13(14)15/h5-6,9,14,20H,7-8,10-11H2,1-4H3,(H,21,23). The molecule has 2 N–H and O–H groups in total. The van der Waals surface area contributed by atoms with Gasteiger partial charge in [-0.2, -0.15) is 0 Å². The van der Waals surface area contributed by atoms with Crippen LogP contribution in [-0.4, -0.2) is 43.5 Å². The Bertz CT molecular complexity index is 704. The van der Waals surface area contributed by atoms with Crippen LogP contribution in [0.2, 0.25) is 0 Å². The number of methoxy groups -OCH3 is 1. The van der Waals surface area contributed by atoms with Crippen LogP contribution in [0.25, 0.3) is 0 Å². The topological polar surface area (TPSA) is 85.9 Å². The molecule has 26 heavy (non-hydrogen) atoms. The summed E-state index contributed by atoms with van der Waals surface area (Å²) in [6, 6.07) is 4.92. The number of hydrogen-bond donors (Lipinski definition) is 2. The van der Waals surface area contributed by atoms with Crippen molar-refractivity contribution < 1.29 is 23.8 Å². The summed E-state index contributed by atoms with van der Waals surface area (Å²) in [4.78, 5) is 24.1. The fourth-order valence-electron chi connectivity index (χ4n) is 3.47. The van der Waals surface area contributed by atoms with E-state index in [1.165, 1.54) is 7.11 Å². The second-order valence-electron chi connectivity index (χ2n) is 7.86. The first-order valence-electron chi connectivity index (χ1n) is 8.83. The van der Waals surface area contributed by atoms with Crippen molar-refractivity contribution in [1.82, 2.24) is 10.6 Å². The molecule has 2 atom stereocenters. The van der Waals surface area contributed by atoms with Crippen molar-refractivity contribution >= 4 is 12.1 Å². The maximum absolute atomic E-state index is 12.3. The molecule has 142 valence electrons. The van der Waals surface area contributed by atoms with Gasteiger partial charge < -0.3 is 24.8 Å². The smallest absolute Gasteiger partial charge is 0.408 e. The summed E-state index contributed by atoms with van der Waals surface area (Å²) in [6.07, 6.45) is 1.01. The van der Waals surface area contributed by atoms with Gasteiger partial charge in [0.25, 0.3) is 0 Å². The molecule has 0 aromatic heterocycles. The van der Waals surface area contributed by atoms with Crippen molar-refractivity contribution in [1.29, 1.82) is 0 Å². The lowest BCUT2D eigenvalue weighted by molar-refractivity contribution is 0.0318. The summed E-state index contributed by atoms with van der Waals surface area (Å²) in [5, 5.41) is 6.27. The zero-order valence-electron chi connectivity index (χ0n) is 15.7. The summed E-state index contributed by atoms with van der Waals surface area (Å²) in [5.74, 6) is 0.182. The summed E-state index contributed by atoms with van der Waals surface area (Å²) in [7, 11) is 1.35. The van der Waals surface area contributed by atoms with Gasteiger partial charge in [0.05, 0.1) is 18.7 Å². The van der Waals surface area contributed by atoms with E-state index < -0.39 is 23.3 Å². The molecule has 3 rings (SSSR count). The molecule has 2 heterocycles. The van der Waals surface area contributed by atoms with Gasteiger partial charge in [0.1, 0.15) is 17.0 Å². The number of fused-ring (bicyclic) bond motifs is 1. The van der Waals surface area contributed by atoms with Crippen LogP contribution in [0, 0.1) is 0 Å². The van der Waals surface area contributed by atoms with Crippen LogP contribution in [-0.2, 0) is 9.47 Å². The quantitative estimate of drug-likeness (QED) is 0.787. The lowest BCUT2D eigenvalue weighted by atomic mass is 9.86. The van der Waals surface area contributed by atoms with E-state index in [1.54, 1.807) is 18.2 Å². The molecule has 1 saturated heterocycles. The van der Waals surface area contributed by atoms with Crippen LogP contribution < -0.4 is 15.4 Å². The molecule has 2 unspecified atom stereocenters. The Hall–Kier alpha value is -2.28. The van der Waals surface area contributed by atoms with E-state index in [2.05, 4.69) is 10.6 Å². The molecule has 1 aromatic rings. The number of ether oxygens (including phenoxy) is 3. The Morgan fingerprint density at radius 2 is 2.12 bits per heavy atom. The van der Waals surface area contributed by atoms with Gasteiger partial charge in [-0.1, -0.05) is 6.07 Å². The third kappa shape index (κ3) is 3.93. The number of rotatable bonds is 2. The average molecular weight is 362 g/mol. The first-order valence-corrected chi connectivity index (χ1v) is 8.83. The minimum absolute atomic E-state index is 0.250. The molecule has 0 bridgehead atoms. The molecule has 1 spiro atoms. The number of nitrogens with one attached hydrogen (secondary N) is 2. The molecule has 1 fully saturated rings. The molecule has 7 heteroatoms. The second-order valence-corrected chi connectivity index (χ2v) is 7.86. The number of amides is 1. The summed E-state index contributed by atoms with van der Waals surface area (Å²) < 4.78 is 16.5. The van der Waals surface area contributed by atoms with Crippen molar-refractivity contribution in [2.75, 3.05) is 20.2 Å². The van der Waals surface area contributed by atoms with E-state index in [0.29, 0.717) is 24.3 Å². The van der Waals surface area contributed by atoms with E-state index in [0.717, 1.165) is 18.5 Å². The van der Waals surface area contributed by atoms with Crippen LogP contribution in [0.4, 0.5) is 4.79 Å². The van der Waals surface area contributed by atoms with E-state index in [9.17, 15) is 9.59 Å². The van der Waals surface area contributed by atoms with Crippen LogP contribution >= 0.6 is 0 Å². The minimum atomic E-state index is -0.570. The van der Waals surface area contributed by atoms with Crippen molar-refractivity contribution in [3.05, 3.63) is 29.3 Å². The highest BCUT2D eigenvalue weighted by Gasteiger charge is 2.44. The van der Waals surface area contributed by atoms with Crippen molar-refractivity contribution in [2.45, 2.75) is 50.9 Å². The number of hydrogen-bond acceptors (Lipinski definition) is 6. The molecule has 1 aromatic carbocycles. The van der Waals surface area contributed by atoms with E-state index in [1.807, 2.05) is 20.8 Å². The zero-order valence-corrected chi connectivity index (χ0v) is 15.7. The fraction of sp³-hybridized carbons (Fsp3) is 0.579. The van der Waals surface area contributed by atoms with Gasteiger partial charge in [0, 0.05) is 24.9 Å². The summed E-state index contributed by atoms with van der Waals surface area (Å²) in [5.41, 5.74) is 0.284. The number of alkyl carbamates (subject to hydrolysis) is 1. The van der Waals surface area contributed by atoms with Gasteiger partial charge >= 0.3 is 12.1 Å². The van der Waals surface area contributed by atoms with Crippen molar-refractivity contribution in [3.8, 4) is 5.75 Å². The highest BCUT2D eigenvalue weighted by molar-refractivity contribution is 5.90. The Balaban J connectivity index is 1.89. The molecule has 1 amide bonds. The lowest BCUT2D eigenvalue weighted by Crippen LogP contribution is -2.47. The van der Waals surface area contributed by atoms with Gasteiger partial charge in [-0.05, 0) is 39.4 Å². The third-order valence-electron chi connectivity index (χ3n) is 4.61. The van der Waals surface area contributed by atoms with Gasteiger partial charge in [0.2, 0.25) is 0 Å². The molecule has 0 saturated carbocycles. The van der Waals surface area contributed by atoms with E-state index in [4.69, 9.17) is 14.2 Å². The lowest BCUT2D eigenvalue weighted by Gasteiger charge is -2.40. The number of benzene rings is 1. The predicted octanol–water partition coefficient (Wildman–Crippen LogP) is 2.55. The van der Waals surface area contributed by atoms with Crippen LogP contribution in [0.1, 0.15) is 55.6 Å². The van der Waals surface area contributed by atoms with Gasteiger partial charge in [-0.15, -0.1) is 0 Å². The van der Waals surface area contributed by atoms with Gasteiger partial charge in [0.15, 0.2) is 0 Å². The van der Waals surface area contributed by atoms with Crippen LogP contribution in [0.5, 0.6) is 5.75 Å². The minimum Gasteiger partial charge on any atom is -0.485 e. The second kappa shape index (κ2) is 6.79. The third-order valence-corrected chi connectivity index (χ3v) is 4.61. The SMILES string of the molecule is COC(=O)c1ccc2c(c1)OC1(CCNC1)CC2NC(=O)OC(C)(C)C. The van der Waals surface area contributed by atoms with E-state index >= 15 is 0 Å². The van der Waals surface area contributed by atoms with Crippen molar-refractivity contribution in [3.63, 3.8) is 0 Å². The largest absolute Gasteiger partial charge is 0.485 e. The molecular formula is C19H26N2O5. The first-order chi connectivity index (χ1) is 12.2. The zero-order chi connectivity index (χ0) is 18.9. The fourth-order valence-corrected chi connectivity index (χ4v) is 3.47. The Kier molecular flexibility index (Phi) is 4.84. The van der Waals surface area contributed by atoms with Gasteiger partial charge in [-0.3, -0.25) is 0 Å². The van der Waals surface area contributed by atoms with Gasteiger partial charge in [-0.25, -0.2) is 9.59 Å². The molecule has 2 aliphatic rings. The Labute approximate surface area is 153 Å². The number of esters is 1. The van der Waals surface area contributed by atoms with Crippen molar-refractivity contribution in [2.24, 2.45) is 0 Å². The monoisotopic (exact) mass is 362 g/mol. The predicted molar refractivity (Wildman–Crippen MR) is 95.4 cm³/mol. The average Bonchev–Trinajstić information content (AvgIpc) is 2.99. The number of carbonyl (C=O) groups excluding carboxylic acids is 2. The first kappa shape index (κ1) is 18.5. The summed E-state index contributed by atoms with van der Waals surface area (Å²) >= 11 is 0. The molecule has 0 radical (unpaired) electrons.